The zero-order valence-electron chi connectivity index (χ0n) is 16.3. The van der Waals surface area contributed by atoms with Crippen LogP contribution in [0.1, 0.15) is 55.2 Å². The zero-order valence-corrected chi connectivity index (χ0v) is 16.3. The van der Waals surface area contributed by atoms with Crippen molar-refractivity contribution < 1.29 is 0 Å². The Kier molecular flexibility index (Phi) is 4.36. The van der Waals surface area contributed by atoms with Crippen molar-refractivity contribution in [2.45, 2.75) is 51.9 Å². The first-order valence-corrected chi connectivity index (χ1v) is 10.6. The van der Waals surface area contributed by atoms with Gasteiger partial charge in [-0.05, 0) is 70.3 Å². The predicted molar refractivity (Wildman–Crippen MR) is 117 cm³/mol. The molecular formula is C27H28. The summed E-state index contributed by atoms with van der Waals surface area (Å²) >= 11 is 0. The number of allylic oxidation sites excluding steroid dienone is 1. The van der Waals surface area contributed by atoms with Gasteiger partial charge in [-0.15, -0.1) is 0 Å². The molecule has 2 aliphatic rings. The molecule has 0 heterocycles. The van der Waals surface area contributed by atoms with Crippen molar-refractivity contribution in [3.63, 3.8) is 0 Å². The molecule has 0 atom stereocenters. The second-order valence-electron chi connectivity index (χ2n) is 8.57. The van der Waals surface area contributed by atoms with Gasteiger partial charge in [0.25, 0.3) is 0 Å². The van der Waals surface area contributed by atoms with Crippen LogP contribution in [0, 0.1) is 12.8 Å². The molecule has 0 nitrogen and oxygen atoms in total. The molecule has 0 N–H and O–H groups in total. The van der Waals surface area contributed by atoms with Crippen LogP contribution in [-0.2, 0) is 6.42 Å². The molecule has 0 radical (unpaired) electrons. The molecule has 0 spiro atoms. The maximum Gasteiger partial charge on any atom is -0.00549 e. The molecule has 0 amide bonds. The first-order chi connectivity index (χ1) is 13.3. The van der Waals surface area contributed by atoms with E-state index in [9.17, 15) is 0 Å². The summed E-state index contributed by atoms with van der Waals surface area (Å²) in [5.41, 5.74) is 8.90. The quantitative estimate of drug-likeness (QED) is 0.452. The Labute approximate surface area is 162 Å². The summed E-state index contributed by atoms with van der Waals surface area (Å²) in [5, 5.41) is 2.65. The van der Waals surface area contributed by atoms with Crippen molar-refractivity contribution >= 4 is 16.8 Å². The van der Waals surface area contributed by atoms with E-state index in [-0.39, 0.29) is 0 Å². The summed E-state index contributed by atoms with van der Waals surface area (Å²) in [6.07, 6.45) is 12.2. The molecule has 0 aromatic heterocycles. The molecule has 3 aromatic rings. The van der Waals surface area contributed by atoms with Crippen LogP contribution in [0.15, 0.2) is 60.2 Å². The Morgan fingerprint density at radius 3 is 2.52 bits per heavy atom. The number of hydrogen-bond donors (Lipinski definition) is 0. The molecule has 0 saturated heterocycles. The highest BCUT2D eigenvalue weighted by Crippen LogP contribution is 2.40. The lowest BCUT2D eigenvalue weighted by Gasteiger charge is -2.21. The molecule has 27 heavy (non-hydrogen) atoms. The van der Waals surface area contributed by atoms with E-state index < -0.39 is 0 Å². The van der Waals surface area contributed by atoms with Gasteiger partial charge in [0.15, 0.2) is 0 Å². The van der Waals surface area contributed by atoms with Crippen molar-refractivity contribution in [2.75, 3.05) is 0 Å². The van der Waals surface area contributed by atoms with Gasteiger partial charge in [-0.3, -0.25) is 0 Å². The fourth-order valence-electron chi connectivity index (χ4n) is 5.16. The second-order valence-corrected chi connectivity index (χ2v) is 8.57. The van der Waals surface area contributed by atoms with Crippen LogP contribution in [0.3, 0.4) is 0 Å². The van der Waals surface area contributed by atoms with Crippen LogP contribution >= 0.6 is 0 Å². The average molecular weight is 353 g/mol. The van der Waals surface area contributed by atoms with E-state index in [1.807, 2.05) is 0 Å². The third kappa shape index (κ3) is 3.23. The highest BCUT2D eigenvalue weighted by Gasteiger charge is 2.22. The van der Waals surface area contributed by atoms with Gasteiger partial charge in [-0.25, -0.2) is 0 Å². The smallest absolute Gasteiger partial charge is 0.00549 e. The lowest BCUT2D eigenvalue weighted by molar-refractivity contribution is 0.355. The van der Waals surface area contributed by atoms with Gasteiger partial charge in [0.1, 0.15) is 0 Å². The van der Waals surface area contributed by atoms with E-state index in [4.69, 9.17) is 0 Å². The highest BCUT2D eigenvalue weighted by atomic mass is 14.3. The molecular weight excluding hydrogens is 324 g/mol. The minimum Gasteiger partial charge on any atom is -0.0649 e. The van der Waals surface area contributed by atoms with Crippen molar-refractivity contribution in [2.24, 2.45) is 5.92 Å². The third-order valence-corrected chi connectivity index (χ3v) is 6.68. The average Bonchev–Trinajstić information content (AvgIpc) is 3.13. The van der Waals surface area contributed by atoms with E-state index in [1.165, 1.54) is 78.0 Å². The molecule has 3 aromatic carbocycles. The number of aryl methyl sites for hydroxylation is 1. The SMILES string of the molecule is Cc1ccc(-c2ccc3ccccc3c2)c2c1CC(CC1CCCCC1)=C2. The minimum absolute atomic E-state index is 0.920. The monoisotopic (exact) mass is 352 g/mol. The summed E-state index contributed by atoms with van der Waals surface area (Å²) in [6.45, 7) is 2.28. The Morgan fingerprint density at radius 2 is 1.67 bits per heavy atom. The Morgan fingerprint density at radius 1 is 0.852 bits per heavy atom. The van der Waals surface area contributed by atoms with E-state index in [0.717, 1.165) is 5.92 Å². The Balaban J connectivity index is 1.52. The highest BCUT2D eigenvalue weighted by molar-refractivity contribution is 5.90. The van der Waals surface area contributed by atoms with Gasteiger partial charge in [0.05, 0.1) is 0 Å². The fraction of sp³-hybridized carbons (Fsp3) is 0.333. The van der Waals surface area contributed by atoms with Crippen molar-refractivity contribution in [1.82, 2.24) is 0 Å². The van der Waals surface area contributed by atoms with Gasteiger partial charge in [0, 0.05) is 0 Å². The van der Waals surface area contributed by atoms with E-state index in [1.54, 1.807) is 11.1 Å². The molecule has 0 heteroatoms. The van der Waals surface area contributed by atoms with Gasteiger partial charge in [-0.2, -0.15) is 0 Å². The standard InChI is InChI=1S/C27H28/c1-19-11-14-25(24-13-12-22-9-5-6-10-23(22)18-24)27-17-21(16-26(19)27)15-20-7-3-2-4-8-20/h5-6,9-14,17-18,20H,2-4,7-8,15-16H2,1H3. The molecule has 0 aliphatic heterocycles. The Bertz CT molecular complexity index is 1020. The minimum atomic E-state index is 0.920. The first kappa shape index (κ1) is 16.8. The van der Waals surface area contributed by atoms with E-state index in [0.29, 0.717) is 0 Å². The maximum atomic E-state index is 2.53. The van der Waals surface area contributed by atoms with E-state index in [2.05, 4.69) is 67.6 Å². The summed E-state index contributed by atoms with van der Waals surface area (Å²) in [6, 6.07) is 20.2. The topological polar surface area (TPSA) is 0 Å². The second kappa shape index (κ2) is 7.00. The lowest BCUT2D eigenvalue weighted by Crippen LogP contribution is -2.07. The zero-order chi connectivity index (χ0) is 18.2. The Hall–Kier alpha value is -2.34. The van der Waals surface area contributed by atoms with Gasteiger partial charge in [0.2, 0.25) is 0 Å². The molecule has 1 saturated carbocycles. The van der Waals surface area contributed by atoms with E-state index >= 15 is 0 Å². The molecule has 0 bridgehead atoms. The van der Waals surface area contributed by atoms with Crippen LogP contribution in [0.4, 0.5) is 0 Å². The van der Waals surface area contributed by atoms with Crippen LogP contribution in [-0.4, -0.2) is 0 Å². The normalized spacial score (nSPS) is 17.1. The largest absolute Gasteiger partial charge is 0.0649 e. The summed E-state index contributed by atoms with van der Waals surface area (Å²) in [5.74, 6) is 0.920. The van der Waals surface area contributed by atoms with Crippen LogP contribution < -0.4 is 0 Å². The number of fused-ring (bicyclic) bond motifs is 2. The summed E-state index contributed by atoms with van der Waals surface area (Å²) < 4.78 is 0. The van der Waals surface area contributed by atoms with Gasteiger partial charge >= 0.3 is 0 Å². The molecule has 1 fully saturated rings. The van der Waals surface area contributed by atoms with Crippen molar-refractivity contribution in [1.29, 1.82) is 0 Å². The van der Waals surface area contributed by atoms with Crippen LogP contribution in [0.2, 0.25) is 0 Å². The van der Waals surface area contributed by atoms with Crippen LogP contribution in [0.25, 0.3) is 28.0 Å². The van der Waals surface area contributed by atoms with Crippen LogP contribution in [0.5, 0.6) is 0 Å². The fourth-order valence-corrected chi connectivity index (χ4v) is 5.16. The van der Waals surface area contributed by atoms with Gasteiger partial charge < -0.3 is 0 Å². The van der Waals surface area contributed by atoms with Crippen molar-refractivity contribution in [3.8, 4) is 11.1 Å². The third-order valence-electron chi connectivity index (χ3n) is 6.68. The number of benzene rings is 3. The summed E-state index contributed by atoms with van der Waals surface area (Å²) in [4.78, 5) is 0. The van der Waals surface area contributed by atoms with Gasteiger partial charge in [-0.1, -0.05) is 92.3 Å². The summed E-state index contributed by atoms with van der Waals surface area (Å²) in [7, 11) is 0. The lowest BCUT2D eigenvalue weighted by atomic mass is 9.84. The molecule has 136 valence electrons. The first-order valence-electron chi connectivity index (χ1n) is 10.6. The predicted octanol–water partition coefficient (Wildman–Crippen LogP) is 7.73. The number of rotatable bonds is 3. The number of hydrogen-bond acceptors (Lipinski definition) is 0. The molecule has 2 aliphatic carbocycles. The maximum absolute atomic E-state index is 2.53. The molecule has 0 unspecified atom stereocenters. The molecule has 5 rings (SSSR count). The van der Waals surface area contributed by atoms with Crippen molar-refractivity contribution in [3.05, 3.63) is 76.9 Å².